The Morgan fingerprint density at radius 2 is 0.708 bits per heavy atom. The van der Waals surface area contributed by atoms with Crippen LogP contribution in [0.15, 0.2) is 231 Å². The second kappa shape index (κ2) is 14.2. The van der Waals surface area contributed by atoms with Crippen molar-refractivity contribution in [1.82, 2.24) is 9.13 Å². The topological polar surface area (TPSA) is 9.86 Å². The molecule has 332 valence electrons. The van der Waals surface area contributed by atoms with Crippen molar-refractivity contribution in [2.75, 3.05) is 0 Å². The SMILES string of the molecule is c1ccc(-c2ccc(-n3c4cc5c(cc4c4c6cccc7c6c(cc43)-c3ccccc3-7)-c3ccc4c(c3CC5)c3c5cccc6c5c(cc3n4-c3ccc(-c4ccccc4)cc3)-c3ccccc3-6)cc2)cc1. The number of rotatable bonds is 4. The van der Waals surface area contributed by atoms with Crippen molar-refractivity contribution in [2.24, 2.45) is 0 Å². The Labute approximate surface area is 415 Å². The fourth-order valence-corrected chi connectivity index (χ4v) is 13.6. The minimum Gasteiger partial charge on any atom is -0.309 e. The molecule has 17 rings (SSSR count). The van der Waals surface area contributed by atoms with Crippen LogP contribution in [-0.2, 0) is 12.8 Å². The van der Waals surface area contributed by atoms with Crippen molar-refractivity contribution in [3.8, 4) is 89.3 Å². The van der Waals surface area contributed by atoms with Gasteiger partial charge in [0.2, 0.25) is 0 Å². The Hall–Kier alpha value is -9.24. The van der Waals surface area contributed by atoms with E-state index in [0.29, 0.717) is 0 Å². The minimum absolute atomic E-state index is 0.958. The highest BCUT2D eigenvalue weighted by molar-refractivity contribution is 6.32. The molecular weight excluding hydrogens is 869 g/mol. The van der Waals surface area contributed by atoms with Crippen LogP contribution in [0.2, 0.25) is 0 Å². The van der Waals surface area contributed by atoms with Crippen LogP contribution in [0.1, 0.15) is 11.1 Å². The summed E-state index contributed by atoms with van der Waals surface area (Å²) in [6.45, 7) is 0. The highest BCUT2D eigenvalue weighted by Crippen LogP contribution is 2.55. The lowest BCUT2D eigenvalue weighted by Gasteiger charge is -2.22. The first kappa shape index (κ1) is 38.6. The molecule has 2 heterocycles. The van der Waals surface area contributed by atoms with E-state index in [1.807, 2.05) is 0 Å². The third-order valence-electron chi connectivity index (χ3n) is 16.7. The molecule has 0 radical (unpaired) electrons. The van der Waals surface area contributed by atoms with Crippen LogP contribution in [0.5, 0.6) is 0 Å². The number of fused-ring (bicyclic) bond motifs is 18. The Morgan fingerprint density at radius 3 is 1.28 bits per heavy atom. The predicted octanol–water partition coefficient (Wildman–Crippen LogP) is 18.6. The molecule has 0 bridgehead atoms. The highest BCUT2D eigenvalue weighted by Gasteiger charge is 2.31. The summed E-state index contributed by atoms with van der Waals surface area (Å²) in [7, 11) is 0. The molecule has 0 atom stereocenters. The average Bonchev–Trinajstić information content (AvgIpc) is 4.17. The Morgan fingerprint density at radius 1 is 0.236 bits per heavy atom. The summed E-state index contributed by atoms with van der Waals surface area (Å²) in [5.41, 5.74) is 28.4. The summed E-state index contributed by atoms with van der Waals surface area (Å²) in [4.78, 5) is 0. The largest absolute Gasteiger partial charge is 0.309 e. The fourth-order valence-electron chi connectivity index (χ4n) is 13.6. The number of aromatic nitrogens is 2. The van der Waals surface area contributed by atoms with Crippen molar-refractivity contribution < 1.29 is 0 Å². The van der Waals surface area contributed by atoms with Crippen LogP contribution < -0.4 is 0 Å². The normalized spacial score (nSPS) is 12.9. The summed E-state index contributed by atoms with van der Waals surface area (Å²) in [5, 5.41) is 10.7. The third kappa shape index (κ3) is 5.08. The van der Waals surface area contributed by atoms with Crippen LogP contribution in [0.3, 0.4) is 0 Å². The van der Waals surface area contributed by atoms with Crippen LogP contribution in [0, 0.1) is 0 Å². The van der Waals surface area contributed by atoms with Gasteiger partial charge in [-0.05, 0) is 178 Å². The lowest BCUT2D eigenvalue weighted by atomic mass is 9.82. The van der Waals surface area contributed by atoms with Gasteiger partial charge in [-0.3, -0.25) is 0 Å². The van der Waals surface area contributed by atoms with Crippen LogP contribution >= 0.6 is 0 Å². The van der Waals surface area contributed by atoms with Gasteiger partial charge in [0.15, 0.2) is 0 Å². The van der Waals surface area contributed by atoms with Gasteiger partial charge in [-0.2, -0.15) is 0 Å². The number of hydrogen-bond donors (Lipinski definition) is 0. The number of nitrogens with zero attached hydrogens (tertiary/aromatic N) is 2. The van der Waals surface area contributed by atoms with E-state index in [9.17, 15) is 0 Å². The van der Waals surface area contributed by atoms with Crippen LogP contribution in [0.25, 0.3) is 154 Å². The molecule has 0 saturated carbocycles. The smallest absolute Gasteiger partial charge is 0.0553 e. The molecule has 14 aromatic rings. The molecule has 0 fully saturated rings. The quantitative estimate of drug-likeness (QED) is 0.167. The Bertz CT molecular complexity index is 4600. The van der Waals surface area contributed by atoms with Crippen molar-refractivity contribution in [3.05, 3.63) is 242 Å². The monoisotopic (exact) mass is 910 g/mol. The van der Waals surface area contributed by atoms with Gasteiger partial charge >= 0.3 is 0 Å². The van der Waals surface area contributed by atoms with E-state index >= 15 is 0 Å². The Balaban J connectivity index is 0.943. The summed E-state index contributed by atoms with van der Waals surface area (Å²) in [5.74, 6) is 0. The van der Waals surface area contributed by atoms with E-state index in [-0.39, 0.29) is 0 Å². The van der Waals surface area contributed by atoms with Crippen molar-refractivity contribution in [1.29, 1.82) is 0 Å². The van der Waals surface area contributed by atoms with Gasteiger partial charge in [-0.25, -0.2) is 0 Å². The first-order valence-corrected chi connectivity index (χ1v) is 25.4. The van der Waals surface area contributed by atoms with Crippen LogP contribution in [-0.4, -0.2) is 9.13 Å². The molecule has 2 heteroatoms. The lowest BCUT2D eigenvalue weighted by Crippen LogP contribution is -2.05. The third-order valence-corrected chi connectivity index (χ3v) is 16.7. The van der Waals surface area contributed by atoms with E-state index in [0.717, 1.165) is 12.8 Å². The zero-order chi connectivity index (χ0) is 46.8. The molecule has 0 spiro atoms. The number of hydrogen-bond acceptors (Lipinski definition) is 0. The first-order valence-electron chi connectivity index (χ1n) is 25.4. The van der Waals surface area contributed by atoms with Crippen molar-refractivity contribution in [2.45, 2.75) is 12.8 Å². The number of benzene rings is 12. The lowest BCUT2D eigenvalue weighted by molar-refractivity contribution is 0.952. The Kier molecular flexibility index (Phi) is 7.61. The summed E-state index contributed by atoms with van der Waals surface area (Å²) in [6, 6.07) is 86.8. The highest BCUT2D eigenvalue weighted by atomic mass is 15.0. The molecule has 0 amide bonds. The predicted molar refractivity (Wildman–Crippen MR) is 303 cm³/mol. The van der Waals surface area contributed by atoms with E-state index in [1.54, 1.807) is 0 Å². The fraction of sp³-hybridized carbons (Fsp3) is 0.0286. The molecule has 0 aliphatic heterocycles. The van der Waals surface area contributed by atoms with Gasteiger partial charge < -0.3 is 9.13 Å². The van der Waals surface area contributed by atoms with Gasteiger partial charge in [0.05, 0.1) is 22.1 Å². The van der Waals surface area contributed by atoms with Gasteiger partial charge in [0.25, 0.3) is 0 Å². The van der Waals surface area contributed by atoms with Crippen molar-refractivity contribution in [3.63, 3.8) is 0 Å². The standard InChI is InChI=1S/C70H42N2/c1-3-13-41(14-4-1)43-25-30-46(31-26-43)71-62-36-35-52-55(69(62)70-57-24-12-22-54-49-18-8-10-20-51(49)60(67(54)57)40-65(70)71)34-29-45-37-63-61(38-58(45)52)68-56-23-11-21-53-48-17-7-9-19-50(48)59(66(53)56)39-64(68)72(63)47-32-27-44(28-33-47)42-15-5-2-6-16-42/h1-28,30-33,35-40H,29,34H2. The molecule has 2 aromatic heterocycles. The molecule has 0 N–H and O–H groups in total. The average molecular weight is 911 g/mol. The second-order valence-corrected chi connectivity index (χ2v) is 20.2. The van der Waals surface area contributed by atoms with E-state index in [1.165, 1.54) is 166 Å². The summed E-state index contributed by atoms with van der Waals surface area (Å²) >= 11 is 0. The molecule has 3 aliphatic carbocycles. The van der Waals surface area contributed by atoms with E-state index in [4.69, 9.17) is 0 Å². The molecule has 2 nitrogen and oxygen atoms in total. The maximum atomic E-state index is 2.57. The zero-order valence-corrected chi connectivity index (χ0v) is 39.2. The molecule has 3 aliphatic rings. The zero-order valence-electron chi connectivity index (χ0n) is 39.2. The number of aryl methyl sites for hydroxylation is 2. The van der Waals surface area contributed by atoms with Gasteiger partial charge in [-0.15, -0.1) is 0 Å². The van der Waals surface area contributed by atoms with Crippen molar-refractivity contribution >= 4 is 65.2 Å². The molecule has 72 heavy (non-hydrogen) atoms. The summed E-state index contributed by atoms with van der Waals surface area (Å²) in [6.07, 6.45) is 1.92. The van der Waals surface area contributed by atoms with E-state index in [2.05, 4.69) is 240 Å². The summed E-state index contributed by atoms with van der Waals surface area (Å²) < 4.78 is 5.11. The molecule has 0 saturated heterocycles. The maximum Gasteiger partial charge on any atom is 0.0553 e. The van der Waals surface area contributed by atoms with Gasteiger partial charge in [-0.1, -0.05) is 176 Å². The minimum atomic E-state index is 0.958. The second-order valence-electron chi connectivity index (χ2n) is 20.2. The molecular formula is C70H42N2. The maximum absolute atomic E-state index is 2.57. The van der Waals surface area contributed by atoms with E-state index < -0.39 is 0 Å². The van der Waals surface area contributed by atoms with Gasteiger partial charge in [0.1, 0.15) is 0 Å². The molecule has 0 unspecified atom stereocenters. The first-order chi connectivity index (χ1) is 35.7. The van der Waals surface area contributed by atoms with Gasteiger partial charge in [0, 0.05) is 32.9 Å². The van der Waals surface area contributed by atoms with Crippen LogP contribution in [0.4, 0.5) is 0 Å². The molecule has 12 aromatic carbocycles.